The number of unbranched alkanes of at least 4 members (excludes halogenated alkanes) is 1. The molecule has 1 fully saturated rings. The van der Waals surface area contributed by atoms with E-state index in [0.717, 1.165) is 11.0 Å². The number of aromatic nitrogens is 2. The second kappa shape index (κ2) is 15.0. The summed E-state index contributed by atoms with van der Waals surface area (Å²) in [6, 6.07) is 2.35. The fraction of sp³-hybridized carbons (Fsp3) is 0.667. The van der Waals surface area contributed by atoms with Gasteiger partial charge in [-0.1, -0.05) is 20.8 Å². The lowest BCUT2D eigenvalue weighted by atomic mass is 9.92. The normalized spacial score (nSPS) is 22.0. The maximum absolute atomic E-state index is 15.4. The quantitative estimate of drug-likeness (QED) is 0.157. The van der Waals surface area contributed by atoms with Crippen LogP contribution in [0.25, 0.3) is 11.0 Å². The minimum absolute atomic E-state index is 0.0137. The summed E-state index contributed by atoms with van der Waals surface area (Å²) in [5.74, 6) is -2.71. The highest BCUT2D eigenvalue weighted by Crippen LogP contribution is 2.35. The zero-order valence-electron chi connectivity index (χ0n) is 26.7. The van der Waals surface area contributed by atoms with Crippen LogP contribution in [0.4, 0.5) is 19.5 Å². The number of halogens is 2. The summed E-state index contributed by atoms with van der Waals surface area (Å²) >= 11 is 0. The standard InChI is InChI=1S/C30H42F2N4O10/c1-29(2,3)12-19(38)35(27-34-21-17(31)11-16(13-33)20(32)22(21)36(27)30(4,5)6)15-45-28(42)44-10-8-7-9-43-26-25(41)24(40)23(39)18(14-37)46-26/h11,18,23-26,37,39-41H,7-10,12,14-15H2,1-6H3/t18-,23+,24+,25-,26-/m1/s1. The van der Waals surface area contributed by atoms with Crippen LogP contribution in [0.1, 0.15) is 66.4 Å². The van der Waals surface area contributed by atoms with Gasteiger partial charge in [-0.2, -0.15) is 5.26 Å². The Morgan fingerprint density at radius 2 is 1.72 bits per heavy atom. The van der Waals surface area contributed by atoms with Crippen LogP contribution in [0.3, 0.4) is 0 Å². The third kappa shape index (κ3) is 8.66. The maximum Gasteiger partial charge on any atom is 0.510 e. The van der Waals surface area contributed by atoms with E-state index >= 15 is 8.78 Å². The number of nitrogens with zero attached hydrogens (tertiary/aromatic N) is 4. The van der Waals surface area contributed by atoms with Crippen molar-refractivity contribution in [3.8, 4) is 6.07 Å². The Hall–Kier alpha value is -3.46. The molecule has 1 aliphatic heterocycles. The molecule has 1 aliphatic rings. The number of nitriles is 1. The molecule has 1 aromatic carbocycles. The molecule has 256 valence electrons. The van der Waals surface area contributed by atoms with Crippen molar-refractivity contribution < 1.29 is 57.7 Å². The van der Waals surface area contributed by atoms with Gasteiger partial charge in [0.2, 0.25) is 11.9 Å². The SMILES string of the molecule is CC(C)(C)CC(=O)N(COC(=O)OCCCCO[C@@H]1O[C@H](CO)[C@H](O)[C@H](O)[C@H]1O)c1nc2c(F)cc(C#N)c(F)c2n1C(C)(C)C. The topological polar surface area (TPSA) is 197 Å². The summed E-state index contributed by atoms with van der Waals surface area (Å²) in [7, 11) is 0. The molecule has 0 saturated carbocycles. The summed E-state index contributed by atoms with van der Waals surface area (Å²) in [5, 5.41) is 48.3. The first-order valence-electron chi connectivity index (χ1n) is 14.7. The Balaban J connectivity index is 1.69. The Bertz CT molecular complexity index is 1430. The molecule has 14 nitrogen and oxygen atoms in total. The predicted molar refractivity (Wildman–Crippen MR) is 157 cm³/mol. The first-order chi connectivity index (χ1) is 21.4. The Kier molecular flexibility index (Phi) is 12.0. The third-order valence-electron chi connectivity index (χ3n) is 7.02. The average molecular weight is 657 g/mol. The number of aliphatic hydroxyl groups excluding tert-OH is 4. The van der Waals surface area contributed by atoms with Gasteiger partial charge in [-0.05, 0) is 45.1 Å². The number of hydrogen-bond acceptors (Lipinski definition) is 12. The minimum Gasteiger partial charge on any atom is -0.434 e. The number of hydrogen-bond donors (Lipinski definition) is 4. The fourth-order valence-electron chi connectivity index (χ4n) is 4.77. The summed E-state index contributed by atoms with van der Waals surface area (Å²) < 4.78 is 52.6. The van der Waals surface area contributed by atoms with Gasteiger partial charge in [0.1, 0.15) is 41.5 Å². The highest BCUT2D eigenvalue weighted by atomic mass is 19.1. The van der Waals surface area contributed by atoms with Gasteiger partial charge in [-0.25, -0.2) is 23.5 Å². The second-order valence-electron chi connectivity index (χ2n) is 13.2. The zero-order valence-corrected chi connectivity index (χ0v) is 26.7. The van der Waals surface area contributed by atoms with Gasteiger partial charge < -0.3 is 43.9 Å². The predicted octanol–water partition coefficient (Wildman–Crippen LogP) is 2.42. The number of carbonyl (C=O) groups excluding carboxylic acids is 2. The molecule has 0 aliphatic carbocycles. The number of aliphatic hydroxyl groups is 4. The van der Waals surface area contributed by atoms with Crippen LogP contribution < -0.4 is 4.90 Å². The van der Waals surface area contributed by atoms with Crippen LogP contribution in [0.2, 0.25) is 0 Å². The molecule has 0 radical (unpaired) electrons. The molecule has 2 heterocycles. The molecule has 0 bridgehead atoms. The molecule has 3 rings (SSSR count). The lowest BCUT2D eigenvalue weighted by Gasteiger charge is -2.39. The minimum atomic E-state index is -1.57. The van der Waals surface area contributed by atoms with Crippen molar-refractivity contribution in [2.24, 2.45) is 5.41 Å². The van der Waals surface area contributed by atoms with E-state index in [1.807, 2.05) is 20.8 Å². The van der Waals surface area contributed by atoms with Crippen LogP contribution in [0, 0.1) is 28.4 Å². The number of anilines is 1. The maximum atomic E-state index is 15.4. The first kappa shape index (κ1) is 37.0. The van der Waals surface area contributed by atoms with Crippen molar-refractivity contribution in [1.29, 1.82) is 5.26 Å². The summed E-state index contributed by atoms with van der Waals surface area (Å²) in [4.78, 5) is 31.2. The van der Waals surface area contributed by atoms with E-state index in [9.17, 15) is 35.3 Å². The molecule has 0 spiro atoms. The number of rotatable bonds is 11. The number of fused-ring (bicyclic) bond motifs is 1. The fourth-order valence-corrected chi connectivity index (χ4v) is 4.77. The van der Waals surface area contributed by atoms with Gasteiger partial charge in [0.15, 0.2) is 24.7 Å². The first-order valence-corrected chi connectivity index (χ1v) is 14.7. The van der Waals surface area contributed by atoms with E-state index in [1.165, 1.54) is 4.57 Å². The molecule has 0 unspecified atom stereocenters. The molecule has 1 amide bonds. The van der Waals surface area contributed by atoms with Crippen LogP contribution >= 0.6 is 0 Å². The van der Waals surface area contributed by atoms with Gasteiger partial charge in [0, 0.05) is 18.6 Å². The average Bonchev–Trinajstić information content (AvgIpc) is 3.38. The third-order valence-corrected chi connectivity index (χ3v) is 7.02. The number of ether oxygens (including phenoxy) is 4. The van der Waals surface area contributed by atoms with Crippen molar-refractivity contribution in [1.82, 2.24) is 9.55 Å². The van der Waals surface area contributed by atoms with Gasteiger partial charge >= 0.3 is 6.16 Å². The van der Waals surface area contributed by atoms with Crippen molar-refractivity contribution in [3.63, 3.8) is 0 Å². The molecular formula is C30H42F2N4O10. The zero-order chi connectivity index (χ0) is 34.6. The van der Waals surface area contributed by atoms with Crippen LogP contribution in [0.15, 0.2) is 6.07 Å². The van der Waals surface area contributed by atoms with E-state index in [-0.39, 0.29) is 37.5 Å². The lowest BCUT2D eigenvalue weighted by Crippen LogP contribution is -2.59. The second-order valence-corrected chi connectivity index (χ2v) is 13.2. The van der Waals surface area contributed by atoms with E-state index in [2.05, 4.69) is 4.98 Å². The highest BCUT2D eigenvalue weighted by molar-refractivity contribution is 5.94. The van der Waals surface area contributed by atoms with Gasteiger partial charge in [-0.15, -0.1) is 0 Å². The van der Waals surface area contributed by atoms with Gasteiger partial charge in [0.05, 0.1) is 18.8 Å². The van der Waals surface area contributed by atoms with Crippen molar-refractivity contribution in [2.45, 2.75) is 97.0 Å². The van der Waals surface area contributed by atoms with Crippen molar-refractivity contribution in [2.75, 3.05) is 31.5 Å². The summed E-state index contributed by atoms with van der Waals surface area (Å²) in [6.45, 7) is 9.07. The van der Waals surface area contributed by atoms with Crippen LogP contribution in [-0.2, 0) is 29.3 Å². The number of amides is 1. The number of imidazole rings is 1. The van der Waals surface area contributed by atoms with Gasteiger partial charge in [0.25, 0.3) is 0 Å². The lowest BCUT2D eigenvalue weighted by molar-refractivity contribution is -0.301. The van der Waals surface area contributed by atoms with E-state index in [1.54, 1.807) is 26.8 Å². The Morgan fingerprint density at radius 1 is 1.07 bits per heavy atom. The van der Waals surface area contributed by atoms with E-state index in [4.69, 9.17) is 18.9 Å². The summed E-state index contributed by atoms with van der Waals surface area (Å²) in [5.41, 5.74) is -2.74. The molecule has 5 atom stereocenters. The van der Waals surface area contributed by atoms with Crippen LogP contribution in [-0.4, -0.2) is 99.3 Å². The number of carbonyl (C=O) groups is 2. The largest absolute Gasteiger partial charge is 0.510 e. The number of benzene rings is 1. The van der Waals surface area contributed by atoms with Crippen molar-refractivity contribution in [3.05, 3.63) is 23.3 Å². The summed E-state index contributed by atoms with van der Waals surface area (Å²) in [6.07, 6.45) is -7.60. The Morgan fingerprint density at radius 3 is 2.30 bits per heavy atom. The van der Waals surface area contributed by atoms with Gasteiger partial charge in [-0.3, -0.25) is 4.79 Å². The molecule has 16 heteroatoms. The molecule has 46 heavy (non-hydrogen) atoms. The molecule has 1 aromatic heterocycles. The monoisotopic (exact) mass is 656 g/mol. The molecular weight excluding hydrogens is 614 g/mol. The molecule has 2 aromatic rings. The highest BCUT2D eigenvalue weighted by Gasteiger charge is 2.44. The smallest absolute Gasteiger partial charge is 0.434 e. The van der Waals surface area contributed by atoms with E-state index in [0.29, 0.717) is 6.42 Å². The molecule has 4 N–H and O–H groups in total. The van der Waals surface area contributed by atoms with Crippen LogP contribution in [0.5, 0.6) is 0 Å². The van der Waals surface area contributed by atoms with Crippen molar-refractivity contribution >= 4 is 29.0 Å². The van der Waals surface area contributed by atoms with E-state index < -0.39 is 89.8 Å². The molecule has 1 saturated heterocycles. The Labute approximate surface area is 265 Å².